The van der Waals surface area contributed by atoms with Gasteiger partial charge in [0.05, 0.1) is 6.20 Å². The Kier molecular flexibility index (Phi) is 5.62. The third-order valence-corrected chi connectivity index (χ3v) is 6.16. The molecule has 4 rings (SSSR count). The minimum Gasteiger partial charge on any atom is -0.368 e. The molecule has 0 radical (unpaired) electrons. The third kappa shape index (κ3) is 3.90. The SMILES string of the molecule is CCN1CCN(c2cnnc(N3CCN(c4cccc(C)c4C)CC3)n2)CC1. The standard InChI is InChI=1S/C21H31N7/c1-4-25-8-10-27(11-9-25)20-16-22-24-21(23-20)28-14-12-26(13-15-28)19-7-5-6-17(2)18(19)3/h5-7,16H,4,8-15H2,1-3H3. The molecule has 0 saturated carbocycles. The van der Waals surface area contributed by atoms with Gasteiger partial charge in [-0.25, -0.2) is 0 Å². The Morgan fingerprint density at radius 3 is 2.25 bits per heavy atom. The van der Waals surface area contributed by atoms with E-state index in [4.69, 9.17) is 4.98 Å². The van der Waals surface area contributed by atoms with Crippen molar-refractivity contribution in [3.8, 4) is 0 Å². The van der Waals surface area contributed by atoms with Gasteiger partial charge in [-0.05, 0) is 37.6 Å². The van der Waals surface area contributed by atoms with Crippen molar-refractivity contribution in [1.29, 1.82) is 0 Å². The molecule has 0 unspecified atom stereocenters. The minimum absolute atomic E-state index is 0.760. The van der Waals surface area contributed by atoms with Gasteiger partial charge < -0.3 is 19.6 Å². The summed E-state index contributed by atoms with van der Waals surface area (Å²) in [5.74, 6) is 1.72. The van der Waals surface area contributed by atoms with Crippen molar-refractivity contribution in [2.75, 3.05) is 73.6 Å². The second kappa shape index (κ2) is 8.31. The molecule has 0 spiro atoms. The normalized spacial score (nSPS) is 18.6. The van der Waals surface area contributed by atoms with Crippen molar-refractivity contribution in [3.63, 3.8) is 0 Å². The fraction of sp³-hybridized carbons (Fsp3) is 0.571. The molecule has 150 valence electrons. The Hall–Kier alpha value is -2.41. The molecule has 0 amide bonds. The highest BCUT2D eigenvalue weighted by Gasteiger charge is 2.23. The lowest BCUT2D eigenvalue weighted by atomic mass is 10.1. The molecule has 0 bridgehead atoms. The van der Waals surface area contributed by atoms with E-state index < -0.39 is 0 Å². The van der Waals surface area contributed by atoms with Gasteiger partial charge in [-0.3, -0.25) is 0 Å². The number of nitrogens with zero attached hydrogens (tertiary/aromatic N) is 7. The number of benzene rings is 1. The summed E-state index contributed by atoms with van der Waals surface area (Å²) in [6.07, 6.45) is 1.80. The Balaban J connectivity index is 1.40. The summed E-state index contributed by atoms with van der Waals surface area (Å²) in [7, 11) is 0. The largest absolute Gasteiger partial charge is 0.368 e. The van der Waals surface area contributed by atoms with Gasteiger partial charge in [0.15, 0.2) is 5.82 Å². The fourth-order valence-electron chi connectivity index (χ4n) is 4.09. The molecule has 2 aromatic rings. The Bertz CT molecular complexity index is 793. The number of hydrogen-bond donors (Lipinski definition) is 0. The van der Waals surface area contributed by atoms with E-state index in [-0.39, 0.29) is 0 Å². The van der Waals surface area contributed by atoms with Crippen molar-refractivity contribution in [2.24, 2.45) is 0 Å². The van der Waals surface area contributed by atoms with E-state index >= 15 is 0 Å². The first-order valence-electron chi connectivity index (χ1n) is 10.4. The van der Waals surface area contributed by atoms with E-state index in [2.05, 4.69) is 68.8 Å². The van der Waals surface area contributed by atoms with E-state index in [1.807, 2.05) is 0 Å². The Morgan fingerprint density at radius 1 is 0.857 bits per heavy atom. The summed E-state index contributed by atoms with van der Waals surface area (Å²) in [6, 6.07) is 6.56. The van der Waals surface area contributed by atoms with Gasteiger partial charge in [-0.1, -0.05) is 19.1 Å². The summed E-state index contributed by atoms with van der Waals surface area (Å²) < 4.78 is 0. The molecule has 0 N–H and O–H groups in total. The third-order valence-electron chi connectivity index (χ3n) is 6.16. The Morgan fingerprint density at radius 2 is 1.54 bits per heavy atom. The van der Waals surface area contributed by atoms with E-state index in [1.54, 1.807) is 6.20 Å². The van der Waals surface area contributed by atoms with Crippen LogP contribution >= 0.6 is 0 Å². The predicted octanol–water partition coefficient (Wildman–Crippen LogP) is 1.96. The van der Waals surface area contributed by atoms with Crippen molar-refractivity contribution >= 4 is 17.5 Å². The van der Waals surface area contributed by atoms with Gasteiger partial charge in [0.2, 0.25) is 5.95 Å². The fourth-order valence-corrected chi connectivity index (χ4v) is 4.09. The van der Waals surface area contributed by atoms with Gasteiger partial charge in [-0.2, -0.15) is 10.1 Å². The van der Waals surface area contributed by atoms with Crippen molar-refractivity contribution < 1.29 is 0 Å². The average molecular weight is 382 g/mol. The van der Waals surface area contributed by atoms with Crippen LogP contribution in [0.4, 0.5) is 17.5 Å². The van der Waals surface area contributed by atoms with Crippen LogP contribution in [0.25, 0.3) is 0 Å². The molecule has 1 aromatic heterocycles. The summed E-state index contributed by atoms with van der Waals surface area (Å²) in [5.41, 5.74) is 4.08. The zero-order valence-corrected chi connectivity index (χ0v) is 17.3. The van der Waals surface area contributed by atoms with E-state index in [0.29, 0.717) is 0 Å². The lowest BCUT2D eigenvalue weighted by Gasteiger charge is -2.37. The van der Waals surface area contributed by atoms with Gasteiger partial charge in [0, 0.05) is 58.0 Å². The highest BCUT2D eigenvalue weighted by atomic mass is 15.4. The first kappa shape index (κ1) is 18.9. The number of aryl methyl sites for hydroxylation is 1. The lowest BCUT2D eigenvalue weighted by molar-refractivity contribution is 0.270. The van der Waals surface area contributed by atoms with Gasteiger partial charge in [0.1, 0.15) is 0 Å². The van der Waals surface area contributed by atoms with Crippen molar-refractivity contribution in [2.45, 2.75) is 20.8 Å². The molecule has 2 saturated heterocycles. The molecule has 7 nitrogen and oxygen atoms in total. The molecule has 2 aliphatic heterocycles. The van der Waals surface area contributed by atoms with Crippen LogP contribution in [0.15, 0.2) is 24.4 Å². The Labute approximate surface area is 168 Å². The summed E-state index contributed by atoms with van der Waals surface area (Å²) >= 11 is 0. The molecule has 2 fully saturated rings. The van der Waals surface area contributed by atoms with Crippen LogP contribution in [0, 0.1) is 13.8 Å². The number of anilines is 3. The molecular weight excluding hydrogens is 350 g/mol. The monoisotopic (exact) mass is 381 g/mol. The lowest BCUT2D eigenvalue weighted by Crippen LogP contribution is -2.48. The van der Waals surface area contributed by atoms with Gasteiger partial charge in [-0.15, -0.1) is 5.10 Å². The quantitative estimate of drug-likeness (QED) is 0.802. The molecule has 2 aliphatic rings. The van der Waals surface area contributed by atoms with E-state index in [0.717, 1.165) is 70.7 Å². The second-order valence-corrected chi connectivity index (χ2v) is 7.73. The summed E-state index contributed by atoms with van der Waals surface area (Å²) in [4.78, 5) is 14.4. The summed E-state index contributed by atoms with van der Waals surface area (Å²) in [6.45, 7) is 15.7. The van der Waals surface area contributed by atoms with Crippen LogP contribution < -0.4 is 14.7 Å². The average Bonchev–Trinajstić information content (AvgIpc) is 2.76. The molecule has 1 aromatic carbocycles. The van der Waals surface area contributed by atoms with Crippen LogP contribution in [0.3, 0.4) is 0 Å². The topological polar surface area (TPSA) is 51.6 Å². The van der Waals surface area contributed by atoms with Gasteiger partial charge >= 0.3 is 0 Å². The minimum atomic E-state index is 0.760. The van der Waals surface area contributed by atoms with Crippen molar-refractivity contribution in [3.05, 3.63) is 35.5 Å². The van der Waals surface area contributed by atoms with Crippen LogP contribution in [0.2, 0.25) is 0 Å². The zero-order chi connectivity index (χ0) is 19.5. The second-order valence-electron chi connectivity index (χ2n) is 7.73. The van der Waals surface area contributed by atoms with Crippen LogP contribution in [-0.2, 0) is 0 Å². The maximum atomic E-state index is 4.84. The molecule has 7 heteroatoms. The molecule has 0 aliphatic carbocycles. The number of aromatic nitrogens is 3. The highest BCUT2D eigenvalue weighted by molar-refractivity contribution is 5.57. The molecule has 28 heavy (non-hydrogen) atoms. The number of rotatable bonds is 4. The van der Waals surface area contributed by atoms with Gasteiger partial charge in [0.25, 0.3) is 0 Å². The van der Waals surface area contributed by atoms with Crippen LogP contribution in [-0.4, -0.2) is 79.0 Å². The van der Waals surface area contributed by atoms with E-state index in [1.165, 1.54) is 16.8 Å². The predicted molar refractivity (Wildman–Crippen MR) is 114 cm³/mol. The van der Waals surface area contributed by atoms with E-state index in [9.17, 15) is 0 Å². The highest BCUT2D eigenvalue weighted by Crippen LogP contribution is 2.25. The van der Waals surface area contributed by atoms with Crippen LogP contribution in [0.5, 0.6) is 0 Å². The smallest absolute Gasteiger partial charge is 0.247 e. The first-order valence-corrected chi connectivity index (χ1v) is 10.4. The first-order chi connectivity index (χ1) is 13.7. The van der Waals surface area contributed by atoms with Crippen molar-refractivity contribution in [1.82, 2.24) is 20.1 Å². The number of hydrogen-bond acceptors (Lipinski definition) is 7. The molecule has 3 heterocycles. The number of likely N-dealkylation sites (N-methyl/N-ethyl adjacent to an activating group) is 1. The molecular formula is C21H31N7. The maximum absolute atomic E-state index is 4.84. The number of piperazine rings is 2. The summed E-state index contributed by atoms with van der Waals surface area (Å²) in [5, 5.41) is 8.58. The maximum Gasteiger partial charge on any atom is 0.247 e. The zero-order valence-electron chi connectivity index (χ0n) is 17.3. The molecule has 0 atom stereocenters. The van der Waals surface area contributed by atoms with Crippen LogP contribution in [0.1, 0.15) is 18.1 Å².